The topological polar surface area (TPSA) is 70.1 Å². The number of allylic oxidation sites excluding steroid dienone is 7. The quantitative estimate of drug-likeness (QED) is 0.525. The van der Waals surface area contributed by atoms with Gasteiger partial charge in [0.05, 0.1) is 5.57 Å². The highest BCUT2D eigenvalue weighted by Crippen LogP contribution is 2.36. The second-order valence-electron chi connectivity index (χ2n) is 5.97. The van der Waals surface area contributed by atoms with Gasteiger partial charge in [0.1, 0.15) is 23.2 Å². The molecule has 1 aliphatic carbocycles. The van der Waals surface area contributed by atoms with Crippen molar-refractivity contribution in [2.24, 2.45) is 0 Å². The SMILES string of the molecule is CN(C)C=C(C(=O)C(F)(F)F)c1onc(C2=C(F)C=CCC=C(Cl)C2)c1C#N. The van der Waals surface area contributed by atoms with Gasteiger partial charge in [-0.2, -0.15) is 18.4 Å². The van der Waals surface area contributed by atoms with Crippen molar-refractivity contribution in [2.75, 3.05) is 14.1 Å². The maximum absolute atomic E-state index is 14.5. The number of alkyl halides is 3. The molecule has 1 heterocycles. The van der Waals surface area contributed by atoms with Gasteiger partial charge in [0, 0.05) is 37.3 Å². The van der Waals surface area contributed by atoms with Crippen LogP contribution in [0.4, 0.5) is 17.6 Å². The zero-order valence-electron chi connectivity index (χ0n) is 14.8. The molecule has 0 aliphatic heterocycles. The molecule has 0 fully saturated rings. The van der Waals surface area contributed by atoms with E-state index in [1.807, 2.05) is 0 Å². The standard InChI is InChI=1S/C18H14ClF4N3O2/c1-26(2)9-13(17(27)18(21,22)23)16-12(8-24)15(25-28-16)11-7-10(19)5-3-4-6-14(11)20/h4-6,9H,3,7H2,1-2H3. The van der Waals surface area contributed by atoms with Crippen molar-refractivity contribution in [1.29, 1.82) is 5.26 Å². The Morgan fingerprint density at radius 2 is 2.11 bits per heavy atom. The zero-order chi connectivity index (χ0) is 21.1. The summed E-state index contributed by atoms with van der Waals surface area (Å²) in [6.07, 6.45) is 0.138. The Morgan fingerprint density at radius 3 is 2.68 bits per heavy atom. The lowest BCUT2D eigenvalue weighted by molar-refractivity contribution is -0.164. The van der Waals surface area contributed by atoms with Crippen molar-refractivity contribution < 1.29 is 26.9 Å². The van der Waals surface area contributed by atoms with Crippen LogP contribution in [-0.2, 0) is 4.79 Å². The highest BCUT2D eigenvalue weighted by molar-refractivity contribution is 6.30. The summed E-state index contributed by atoms with van der Waals surface area (Å²) in [6, 6.07) is 1.65. The second-order valence-corrected chi connectivity index (χ2v) is 6.46. The van der Waals surface area contributed by atoms with Crippen molar-refractivity contribution in [3.63, 3.8) is 0 Å². The number of hydrogen-bond donors (Lipinski definition) is 0. The third kappa shape index (κ3) is 4.70. The minimum absolute atomic E-state index is 0.132. The Morgan fingerprint density at radius 1 is 1.43 bits per heavy atom. The number of carbonyl (C=O) groups excluding carboxylic acids is 1. The highest BCUT2D eigenvalue weighted by Gasteiger charge is 2.43. The van der Waals surface area contributed by atoms with Crippen molar-refractivity contribution in [2.45, 2.75) is 19.0 Å². The first-order valence-electron chi connectivity index (χ1n) is 7.86. The fourth-order valence-electron chi connectivity index (χ4n) is 2.41. The molecule has 0 spiro atoms. The van der Waals surface area contributed by atoms with Gasteiger partial charge >= 0.3 is 6.18 Å². The number of hydrogen-bond acceptors (Lipinski definition) is 5. The molecule has 2 rings (SSSR count). The summed E-state index contributed by atoms with van der Waals surface area (Å²) < 4.78 is 58.3. The number of carbonyl (C=O) groups is 1. The number of halogens is 5. The molecule has 0 N–H and O–H groups in total. The fraction of sp³-hybridized carbons (Fsp3) is 0.278. The molecule has 0 saturated carbocycles. The Bertz CT molecular complexity index is 947. The van der Waals surface area contributed by atoms with Gasteiger partial charge in [-0.1, -0.05) is 28.9 Å². The van der Waals surface area contributed by atoms with Crippen LogP contribution in [0.1, 0.15) is 29.9 Å². The molecule has 28 heavy (non-hydrogen) atoms. The van der Waals surface area contributed by atoms with Gasteiger partial charge in [-0.05, 0) is 12.5 Å². The molecular weight excluding hydrogens is 402 g/mol. The van der Waals surface area contributed by atoms with Crippen LogP contribution in [-0.4, -0.2) is 36.1 Å². The average Bonchev–Trinajstić information content (AvgIpc) is 3.01. The molecule has 0 radical (unpaired) electrons. The lowest BCUT2D eigenvalue weighted by Crippen LogP contribution is -2.25. The Balaban J connectivity index is 2.68. The highest BCUT2D eigenvalue weighted by atomic mass is 35.5. The molecule has 0 bridgehead atoms. The Labute approximate surface area is 162 Å². The minimum Gasteiger partial charge on any atom is -0.383 e. The van der Waals surface area contributed by atoms with E-state index < -0.39 is 34.7 Å². The van der Waals surface area contributed by atoms with Crippen LogP contribution in [0.25, 0.3) is 11.1 Å². The number of aromatic nitrogens is 1. The number of nitrogens with zero attached hydrogens (tertiary/aromatic N) is 3. The van der Waals surface area contributed by atoms with Crippen molar-refractivity contribution in [1.82, 2.24) is 10.1 Å². The maximum Gasteiger partial charge on any atom is 0.455 e. The third-order valence-corrected chi connectivity index (χ3v) is 3.89. The van der Waals surface area contributed by atoms with Crippen LogP contribution in [0.2, 0.25) is 0 Å². The van der Waals surface area contributed by atoms with Crippen LogP contribution in [0.15, 0.2) is 39.8 Å². The summed E-state index contributed by atoms with van der Waals surface area (Å²) in [4.78, 5) is 13.0. The molecule has 148 valence electrons. The van der Waals surface area contributed by atoms with Gasteiger partial charge in [-0.15, -0.1) is 0 Å². The number of rotatable bonds is 4. The first kappa shape index (κ1) is 21.4. The lowest BCUT2D eigenvalue weighted by atomic mass is 9.98. The second kappa shape index (κ2) is 8.44. The Hall–Kier alpha value is -2.86. The van der Waals surface area contributed by atoms with E-state index in [0.717, 1.165) is 12.3 Å². The summed E-state index contributed by atoms with van der Waals surface area (Å²) in [7, 11) is 2.78. The van der Waals surface area contributed by atoms with Crippen molar-refractivity contribution in [3.05, 3.63) is 52.3 Å². The predicted octanol–water partition coefficient (Wildman–Crippen LogP) is 4.73. The average molecular weight is 416 g/mol. The van der Waals surface area contributed by atoms with Gasteiger partial charge in [0.15, 0.2) is 5.76 Å². The van der Waals surface area contributed by atoms with Gasteiger partial charge < -0.3 is 9.42 Å². The van der Waals surface area contributed by atoms with Crippen molar-refractivity contribution in [3.8, 4) is 6.07 Å². The Kier molecular flexibility index (Phi) is 6.46. The maximum atomic E-state index is 14.5. The van der Waals surface area contributed by atoms with Gasteiger partial charge in [0.25, 0.3) is 5.78 Å². The fourth-order valence-corrected chi connectivity index (χ4v) is 2.63. The molecule has 0 unspecified atom stereocenters. The first-order valence-corrected chi connectivity index (χ1v) is 8.24. The van der Waals surface area contributed by atoms with Crippen molar-refractivity contribution >= 4 is 28.5 Å². The molecule has 1 aliphatic rings. The molecule has 1 aromatic heterocycles. The van der Waals surface area contributed by atoms with Crippen LogP contribution in [0, 0.1) is 11.3 Å². The molecule has 0 saturated heterocycles. The monoisotopic (exact) mass is 415 g/mol. The number of nitriles is 1. The van der Waals surface area contributed by atoms with E-state index >= 15 is 0 Å². The summed E-state index contributed by atoms with van der Waals surface area (Å²) in [5.41, 5.74) is -1.86. The van der Waals surface area contributed by atoms with E-state index in [9.17, 15) is 27.6 Å². The normalized spacial score (nSPS) is 15.6. The zero-order valence-corrected chi connectivity index (χ0v) is 15.5. The number of Topliss-reactive ketones (excluding diaryl/α,β-unsaturated/α-hetero) is 1. The third-order valence-electron chi connectivity index (χ3n) is 3.60. The summed E-state index contributed by atoms with van der Waals surface area (Å²) in [5, 5.41) is 13.3. The smallest absolute Gasteiger partial charge is 0.383 e. The summed E-state index contributed by atoms with van der Waals surface area (Å²) in [6.45, 7) is 0. The molecule has 5 nitrogen and oxygen atoms in total. The first-order chi connectivity index (χ1) is 13.1. The van der Waals surface area contributed by atoms with Gasteiger partial charge in [-0.3, -0.25) is 4.79 Å². The number of ketones is 1. The molecule has 0 aromatic carbocycles. The largest absolute Gasteiger partial charge is 0.455 e. The molecule has 0 amide bonds. The van der Waals surface area contributed by atoms with Crippen LogP contribution >= 0.6 is 11.6 Å². The summed E-state index contributed by atoms with van der Waals surface area (Å²) >= 11 is 6.01. The molecule has 10 heteroatoms. The summed E-state index contributed by atoms with van der Waals surface area (Å²) in [5.74, 6) is -3.67. The predicted molar refractivity (Wildman–Crippen MR) is 94.3 cm³/mol. The van der Waals surface area contributed by atoms with E-state index in [1.54, 1.807) is 12.1 Å². The molecule has 0 atom stereocenters. The van der Waals surface area contributed by atoms with Gasteiger partial charge in [-0.25, -0.2) is 4.39 Å². The van der Waals surface area contributed by atoms with Crippen LogP contribution < -0.4 is 0 Å². The van der Waals surface area contributed by atoms with E-state index in [1.165, 1.54) is 25.1 Å². The van der Waals surface area contributed by atoms with E-state index in [-0.39, 0.29) is 22.7 Å². The molecular formula is C18H14ClF4N3O2. The lowest BCUT2D eigenvalue weighted by Gasteiger charge is -2.11. The van der Waals surface area contributed by atoms with Crippen LogP contribution in [0.5, 0.6) is 0 Å². The molecule has 1 aromatic rings. The van der Waals surface area contributed by atoms with E-state index in [0.29, 0.717) is 6.42 Å². The minimum atomic E-state index is -5.21. The van der Waals surface area contributed by atoms with E-state index in [2.05, 4.69) is 5.16 Å². The van der Waals surface area contributed by atoms with Gasteiger partial charge in [0.2, 0.25) is 0 Å². The van der Waals surface area contributed by atoms with Crippen LogP contribution in [0.3, 0.4) is 0 Å². The van der Waals surface area contributed by atoms with E-state index in [4.69, 9.17) is 16.1 Å².